The number of benzene rings is 3. The van der Waals surface area contributed by atoms with E-state index < -0.39 is 0 Å². The van der Waals surface area contributed by atoms with Crippen molar-refractivity contribution in [1.29, 1.82) is 0 Å². The summed E-state index contributed by atoms with van der Waals surface area (Å²) in [6.07, 6.45) is 2.24. The fourth-order valence-corrected chi connectivity index (χ4v) is 4.34. The molecule has 5 heteroatoms. The summed E-state index contributed by atoms with van der Waals surface area (Å²) in [6.45, 7) is 20.7. The van der Waals surface area contributed by atoms with Gasteiger partial charge in [0.15, 0.2) is 0 Å². The van der Waals surface area contributed by atoms with E-state index in [9.17, 15) is 5.11 Å². The molecule has 0 aliphatic carbocycles. The number of hydrogen-bond donors (Lipinski definition) is 5. The predicted molar refractivity (Wildman–Crippen MR) is 141 cm³/mol. The number of aromatic hydroxyl groups is 1. The van der Waals surface area contributed by atoms with Gasteiger partial charge in [-0.15, -0.1) is 0 Å². The quantitative estimate of drug-likeness (QED) is 0.222. The largest absolute Gasteiger partial charge is 0.507 e. The molecule has 32 heavy (non-hydrogen) atoms. The third-order valence-corrected chi connectivity index (χ3v) is 5.89. The summed E-state index contributed by atoms with van der Waals surface area (Å²) in [7, 11) is 0. The molecule has 0 aliphatic rings. The van der Waals surface area contributed by atoms with Crippen molar-refractivity contribution in [3.05, 3.63) is 40.3 Å². The zero-order valence-corrected chi connectivity index (χ0v) is 19.8. The molecule has 3 aromatic rings. The topological polar surface area (TPSA) is 68.3 Å². The Bertz CT molecular complexity index is 1080. The first-order valence-electron chi connectivity index (χ1n) is 11.8. The molecule has 0 atom stereocenters. The van der Waals surface area contributed by atoms with Gasteiger partial charge in [0.25, 0.3) is 0 Å². The van der Waals surface area contributed by atoms with Gasteiger partial charge in [-0.1, -0.05) is 33.1 Å². The zero-order chi connectivity index (χ0) is 23.1. The summed E-state index contributed by atoms with van der Waals surface area (Å²) in [5, 5.41) is 30.3. The van der Waals surface area contributed by atoms with Gasteiger partial charge in [0, 0.05) is 53.7 Å². The normalized spacial score (nSPS) is 11.3. The van der Waals surface area contributed by atoms with Gasteiger partial charge in [-0.2, -0.15) is 0 Å². The number of phenolic OH excluding ortho intramolecular Hbond substituents is 1. The standard InChI is InChI=1S/C27H38N4O/c1-6-12-28-14-16-30-21-9-10-22(31-17-15-29-13-7-2)26-20(5)27-23(32)11-8-18(3)24(27)19(4)25(21)26/h8-11,28-32H,4-7,12-17H2,1-3H3. The van der Waals surface area contributed by atoms with Gasteiger partial charge in [0.05, 0.1) is 0 Å². The van der Waals surface area contributed by atoms with Crippen LogP contribution in [-0.2, 0) is 0 Å². The summed E-state index contributed by atoms with van der Waals surface area (Å²) >= 11 is 0. The summed E-state index contributed by atoms with van der Waals surface area (Å²) in [6, 6.07) is 7.93. The molecule has 0 unspecified atom stereocenters. The number of rotatable bonds is 12. The monoisotopic (exact) mass is 434 g/mol. The van der Waals surface area contributed by atoms with E-state index in [-0.39, 0.29) is 5.75 Å². The van der Waals surface area contributed by atoms with Crippen LogP contribution in [0, 0.1) is 6.92 Å². The van der Waals surface area contributed by atoms with E-state index in [1.807, 2.05) is 6.07 Å². The molecular formula is C27H38N4O. The van der Waals surface area contributed by atoms with Crippen LogP contribution >= 0.6 is 0 Å². The second-order valence-corrected chi connectivity index (χ2v) is 8.37. The van der Waals surface area contributed by atoms with E-state index in [0.717, 1.165) is 101 Å². The third-order valence-electron chi connectivity index (χ3n) is 5.89. The highest BCUT2D eigenvalue weighted by Gasteiger charge is 2.15. The molecular weight excluding hydrogens is 396 g/mol. The Balaban J connectivity index is 2.11. The Kier molecular flexibility index (Phi) is 8.37. The second kappa shape index (κ2) is 11.2. The van der Waals surface area contributed by atoms with Crippen LogP contribution in [0.5, 0.6) is 5.75 Å². The molecule has 5 nitrogen and oxygen atoms in total. The van der Waals surface area contributed by atoms with Gasteiger partial charge in [0.2, 0.25) is 0 Å². The molecule has 3 aromatic carbocycles. The first-order valence-corrected chi connectivity index (χ1v) is 11.8. The van der Waals surface area contributed by atoms with Crippen molar-refractivity contribution in [1.82, 2.24) is 10.6 Å². The number of anilines is 2. The Morgan fingerprint density at radius 2 is 1.16 bits per heavy atom. The van der Waals surface area contributed by atoms with E-state index in [1.165, 1.54) is 0 Å². The lowest BCUT2D eigenvalue weighted by Gasteiger charge is -2.18. The number of nitrogens with one attached hydrogen (secondary N) is 4. The highest BCUT2D eigenvalue weighted by molar-refractivity contribution is 6.11. The first kappa shape index (κ1) is 23.9. The Labute approximate surface area is 191 Å². The number of fused-ring (bicyclic) bond motifs is 2. The van der Waals surface area contributed by atoms with Crippen molar-refractivity contribution < 1.29 is 5.11 Å². The van der Waals surface area contributed by atoms with Crippen LogP contribution in [0.15, 0.2) is 24.3 Å². The fraction of sp³-hybridized carbons (Fsp3) is 0.407. The van der Waals surface area contributed by atoms with Crippen LogP contribution in [0.4, 0.5) is 11.4 Å². The Morgan fingerprint density at radius 3 is 1.66 bits per heavy atom. The summed E-state index contributed by atoms with van der Waals surface area (Å²) in [4.78, 5) is 0. The molecule has 0 fully saturated rings. The third kappa shape index (κ3) is 5.00. The maximum atomic E-state index is 10.7. The lowest BCUT2D eigenvalue weighted by molar-refractivity contribution is 0.481. The highest BCUT2D eigenvalue weighted by Crippen LogP contribution is 2.31. The van der Waals surface area contributed by atoms with E-state index in [2.05, 4.69) is 67.3 Å². The molecule has 172 valence electrons. The van der Waals surface area contributed by atoms with Gasteiger partial charge in [0.1, 0.15) is 5.75 Å². The molecule has 0 radical (unpaired) electrons. The second-order valence-electron chi connectivity index (χ2n) is 8.37. The SMILES string of the molecule is C=c1c2c(C)ccc(O)c2c(=C)c2c(NCCNCCC)ccc(NCCNCCC)c12. The van der Waals surface area contributed by atoms with Crippen LogP contribution in [0.2, 0.25) is 0 Å². The zero-order valence-electron chi connectivity index (χ0n) is 19.8. The summed E-state index contributed by atoms with van der Waals surface area (Å²) in [5.74, 6) is 0.250. The fourth-order valence-electron chi connectivity index (χ4n) is 4.34. The van der Waals surface area contributed by atoms with Crippen molar-refractivity contribution in [2.75, 3.05) is 49.9 Å². The molecule has 5 N–H and O–H groups in total. The molecule has 0 aromatic heterocycles. The van der Waals surface area contributed by atoms with Crippen molar-refractivity contribution in [3.8, 4) is 5.75 Å². The van der Waals surface area contributed by atoms with Gasteiger partial charge >= 0.3 is 0 Å². The van der Waals surface area contributed by atoms with Crippen LogP contribution < -0.4 is 31.7 Å². The minimum absolute atomic E-state index is 0.250. The number of hydrogen-bond acceptors (Lipinski definition) is 5. The first-order chi connectivity index (χ1) is 15.5. The molecule has 3 rings (SSSR count). The van der Waals surface area contributed by atoms with E-state index in [1.54, 1.807) is 6.07 Å². The average Bonchev–Trinajstić information content (AvgIpc) is 2.78. The molecule has 0 saturated heterocycles. The average molecular weight is 435 g/mol. The van der Waals surface area contributed by atoms with Gasteiger partial charge in [-0.05, 0) is 72.4 Å². The molecule has 0 spiro atoms. The van der Waals surface area contributed by atoms with Crippen molar-refractivity contribution in [3.63, 3.8) is 0 Å². The van der Waals surface area contributed by atoms with Crippen molar-refractivity contribution >= 4 is 46.1 Å². The van der Waals surface area contributed by atoms with Gasteiger partial charge < -0.3 is 26.4 Å². The number of aryl methyl sites for hydroxylation is 1. The van der Waals surface area contributed by atoms with Crippen molar-refractivity contribution in [2.24, 2.45) is 0 Å². The molecule has 0 aliphatic heterocycles. The van der Waals surface area contributed by atoms with E-state index >= 15 is 0 Å². The smallest absolute Gasteiger partial charge is 0.124 e. The van der Waals surface area contributed by atoms with Crippen LogP contribution in [0.25, 0.3) is 34.7 Å². The molecule has 0 bridgehead atoms. The maximum Gasteiger partial charge on any atom is 0.124 e. The minimum atomic E-state index is 0.250. The Hall–Kier alpha value is -2.76. The minimum Gasteiger partial charge on any atom is -0.507 e. The van der Waals surface area contributed by atoms with Crippen molar-refractivity contribution in [2.45, 2.75) is 33.6 Å². The van der Waals surface area contributed by atoms with Crippen LogP contribution in [-0.4, -0.2) is 44.4 Å². The molecule has 0 heterocycles. The van der Waals surface area contributed by atoms with E-state index in [0.29, 0.717) is 0 Å². The van der Waals surface area contributed by atoms with Crippen LogP contribution in [0.3, 0.4) is 0 Å². The maximum absolute atomic E-state index is 10.7. The Morgan fingerprint density at radius 1 is 0.656 bits per heavy atom. The lowest BCUT2D eigenvalue weighted by Crippen LogP contribution is -2.25. The molecule has 0 amide bonds. The highest BCUT2D eigenvalue weighted by atomic mass is 16.3. The van der Waals surface area contributed by atoms with Gasteiger partial charge in [-0.25, -0.2) is 0 Å². The summed E-state index contributed by atoms with van der Waals surface area (Å²) < 4.78 is 0. The van der Waals surface area contributed by atoms with E-state index in [4.69, 9.17) is 0 Å². The molecule has 0 saturated carbocycles. The lowest BCUT2D eigenvalue weighted by atomic mass is 9.93. The predicted octanol–water partition coefficient (Wildman–Crippen LogP) is 3.65. The number of phenols is 1. The van der Waals surface area contributed by atoms with Gasteiger partial charge in [-0.3, -0.25) is 0 Å². The van der Waals surface area contributed by atoms with Crippen LogP contribution in [0.1, 0.15) is 32.3 Å². The summed E-state index contributed by atoms with van der Waals surface area (Å²) in [5.41, 5.74) is 3.16.